The SMILES string of the molecule is CNCC1(O)CCC(N(C)C2CCN(C)C2)CC1. The number of aliphatic hydroxyl groups is 1. The number of likely N-dealkylation sites (N-methyl/N-ethyl adjacent to an activating group) is 3. The Labute approximate surface area is 111 Å². The Morgan fingerprint density at radius 3 is 2.44 bits per heavy atom. The summed E-state index contributed by atoms with van der Waals surface area (Å²) in [4.78, 5) is 4.99. The fourth-order valence-corrected chi connectivity index (χ4v) is 3.60. The van der Waals surface area contributed by atoms with Crippen molar-refractivity contribution in [3.05, 3.63) is 0 Å². The van der Waals surface area contributed by atoms with Crippen LogP contribution in [0.1, 0.15) is 32.1 Å². The van der Waals surface area contributed by atoms with Gasteiger partial charge in [-0.25, -0.2) is 0 Å². The van der Waals surface area contributed by atoms with Crippen molar-refractivity contribution in [1.82, 2.24) is 15.1 Å². The zero-order chi connectivity index (χ0) is 13.2. The standard InChI is InChI=1S/C14H29N3O/c1-15-11-14(18)7-4-12(5-8-14)17(3)13-6-9-16(2)10-13/h12-13,15,18H,4-11H2,1-3H3. The third-order valence-corrected chi connectivity index (χ3v) is 4.91. The van der Waals surface area contributed by atoms with Gasteiger partial charge in [0.2, 0.25) is 0 Å². The van der Waals surface area contributed by atoms with E-state index in [-0.39, 0.29) is 0 Å². The molecule has 0 spiro atoms. The van der Waals surface area contributed by atoms with E-state index < -0.39 is 5.60 Å². The van der Waals surface area contributed by atoms with Crippen LogP contribution in [-0.4, -0.2) is 73.4 Å². The van der Waals surface area contributed by atoms with E-state index in [0.717, 1.165) is 38.3 Å². The average Bonchev–Trinajstić information content (AvgIpc) is 2.76. The molecule has 1 aliphatic carbocycles. The molecule has 2 fully saturated rings. The lowest BCUT2D eigenvalue weighted by atomic mass is 9.81. The summed E-state index contributed by atoms with van der Waals surface area (Å²) < 4.78 is 0. The second-order valence-corrected chi connectivity index (χ2v) is 6.36. The van der Waals surface area contributed by atoms with Crippen LogP contribution < -0.4 is 5.32 Å². The number of nitrogens with one attached hydrogen (secondary N) is 1. The normalized spacial score (nSPS) is 38.5. The van der Waals surface area contributed by atoms with E-state index in [4.69, 9.17) is 0 Å². The third kappa shape index (κ3) is 3.23. The Bertz CT molecular complexity index is 264. The van der Waals surface area contributed by atoms with Crippen molar-refractivity contribution in [3.8, 4) is 0 Å². The highest BCUT2D eigenvalue weighted by Gasteiger charge is 2.36. The summed E-state index contributed by atoms with van der Waals surface area (Å²) in [5, 5.41) is 13.5. The maximum Gasteiger partial charge on any atom is 0.0772 e. The van der Waals surface area contributed by atoms with Gasteiger partial charge in [0.25, 0.3) is 0 Å². The minimum Gasteiger partial charge on any atom is -0.389 e. The van der Waals surface area contributed by atoms with Crippen LogP contribution in [0.5, 0.6) is 0 Å². The quantitative estimate of drug-likeness (QED) is 0.768. The van der Waals surface area contributed by atoms with Crippen molar-refractivity contribution in [2.45, 2.75) is 49.8 Å². The summed E-state index contributed by atoms with van der Waals surface area (Å²) in [7, 11) is 6.40. The Morgan fingerprint density at radius 2 is 1.94 bits per heavy atom. The Balaban J connectivity index is 1.82. The topological polar surface area (TPSA) is 38.7 Å². The Hall–Kier alpha value is -0.160. The monoisotopic (exact) mass is 255 g/mol. The summed E-state index contributed by atoms with van der Waals surface area (Å²) in [6, 6.07) is 1.38. The van der Waals surface area contributed by atoms with Gasteiger partial charge in [0, 0.05) is 25.2 Å². The molecule has 0 aromatic rings. The second-order valence-electron chi connectivity index (χ2n) is 6.36. The lowest BCUT2D eigenvalue weighted by Gasteiger charge is -2.41. The highest BCUT2D eigenvalue weighted by molar-refractivity contribution is 4.92. The molecule has 0 radical (unpaired) electrons. The van der Waals surface area contributed by atoms with Crippen molar-refractivity contribution < 1.29 is 5.11 Å². The fraction of sp³-hybridized carbons (Fsp3) is 1.00. The lowest BCUT2D eigenvalue weighted by molar-refractivity contribution is -0.0194. The molecule has 106 valence electrons. The van der Waals surface area contributed by atoms with Gasteiger partial charge in [0.05, 0.1) is 5.60 Å². The van der Waals surface area contributed by atoms with Crippen molar-refractivity contribution in [2.24, 2.45) is 0 Å². The molecule has 1 atom stereocenters. The smallest absolute Gasteiger partial charge is 0.0772 e. The van der Waals surface area contributed by atoms with Crippen LogP contribution in [0.25, 0.3) is 0 Å². The van der Waals surface area contributed by atoms with E-state index >= 15 is 0 Å². The largest absolute Gasteiger partial charge is 0.389 e. The maximum absolute atomic E-state index is 10.4. The molecule has 2 N–H and O–H groups in total. The molecule has 1 saturated heterocycles. The first-order chi connectivity index (χ1) is 8.54. The van der Waals surface area contributed by atoms with Gasteiger partial charge >= 0.3 is 0 Å². The Kier molecular flexibility index (Phi) is 4.64. The molecule has 0 aromatic heterocycles. The van der Waals surface area contributed by atoms with E-state index in [1.54, 1.807) is 0 Å². The first kappa shape index (κ1) is 14.3. The predicted octanol–water partition coefficient (Wildman–Crippen LogP) is 0.515. The van der Waals surface area contributed by atoms with Gasteiger partial charge in [-0.1, -0.05) is 0 Å². The predicted molar refractivity (Wildman–Crippen MR) is 74.8 cm³/mol. The van der Waals surface area contributed by atoms with Crippen molar-refractivity contribution in [2.75, 3.05) is 40.8 Å². The van der Waals surface area contributed by atoms with Gasteiger partial charge < -0.3 is 15.3 Å². The van der Waals surface area contributed by atoms with Crippen LogP contribution in [0.4, 0.5) is 0 Å². The average molecular weight is 255 g/mol. The molecule has 0 aromatic carbocycles. The Morgan fingerprint density at radius 1 is 1.28 bits per heavy atom. The number of hydrogen-bond donors (Lipinski definition) is 2. The molecule has 2 aliphatic rings. The number of nitrogens with zero attached hydrogens (tertiary/aromatic N) is 2. The molecule has 4 nitrogen and oxygen atoms in total. The summed E-state index contributed by atoms with van der Waals surface area (Å²) in [5.41, 5.74) is -0.460. The van der Waals surface area contributed by atoms with E-state index in [1.807, 2.05) is 7.05 Å². The van der Waals surface area contributed by atoms with Gasteiger partial charge in [-0.15, -0.1) is 0 Å². The minimum absolute atomic E-state index is 0.460. The van der Waals surface area contributed by atoms with Gasteiger partial charge in [0.1, 0.15) is 0 Å². The van der Waals surface area contributed by atoms with E-state index in [0.29, 0.717) is 6.04 Å². The molecule has 4 heteroatoms. The summed E-state index contributed by atoms with van der Waals surface area (Å²) >= 11 is 0. The summed E-state index contributed by atoms with van der Waals surface area (Å²) in [6.07, 6.45) is 5.44. The van der Waals surface area contributed by atoms with Crippen LogP contribution in [0.2, 0.25) is 0 Å². The van der Waals surface area contributed by atoms with E-state index in [2.05, 4.69) is 29.2 Å². The molecular formula is C14H29N3O. The van der Waals surface area contributed by atoms with Crippen LogP contribution in [0.3, 0.4) is 0 Å². The van der Waals surface area contributed by atoms with Crippen LogP contribution >= 0.6 is 0 Å². The molecule has 0 bridgehead atoms. The number of rotatable bonds is 4. The zero-order valence-corrected chi connectivity index (χ0v) is 12.2. The second kappa shape index (κ2) is 5.87. The molecule has 1 heterocycles. The van der Waals surface area contributed by atoms with Gasteiger partial charge in [-0.2, -0.15) is 0 Å². The van der Waals surface area contributed by atoms with Crippen molar-refractivity contribution in [1.29, 1.82) is 0 Å². The molecule has 18 heavy (non-hydrogen) atoms. The van der Waals surface area contributed by atoms with Crippen LogP contribution in [0.15, 0.2) is 0 Å². The minimum atomic E-state index is -0.460. The summed E-state index contributed by atoms with van der Waals surface area (Å²) in [5.74, 6) is 0. The van der Waals surface area contributed by atoms with Crippen LogP contribution in [0, 0.1) is 0 Å². The van der Waals surface area contributed by atoms with Crippen LogP contribution in [-0.2, 0) is 0 Å². The molecule has 1 aliphatic heterocycles. The molecule has 1 saturated carbocycles. The van der Waals surface area contributed by atoms with Crippen molar-refractivity contribution >= 4 is 0 Å². The molecule has 0 amide bonds. The fourth-order valence-electron chi connectivity index (χ4n) is 3.60. The highest BCUT2D eigenvalue weighted by atomic mass is 16.3. The first-order valence-corrected chi connectivity index (χ1v) is 7.31. The zero-order valence-electron chi connectivity index (χ0n) is 12.2. The third-order valence-electron chi connectivity index (χ3n) is 4.91. The molecular weight excluding hydrogens is 226 g/mol. The first-order valence-electron chi connectivity index (χ1n) is 7.31. The van der Waals surface area contributed by atoms with E-state index in [9.17, 15) is 5.11 Å². The van der Waals surface area contributed by atoms with E-state index in [1.165, 1.54) is 19.5 Å². The van der Waals surface area contributed by atoms with Gasteiger partial charge in [-0.3, -0.25) is 4.90 Å². The van der Waals surface area contributed by atoms with Gasteiger partial charge in [-0.05, 0) is 59.8 Å². The van der Waals surface area contributed by atoms with Crippen molar-refractivity contribution in [3.63, 3.8) is 0 Å². The van der Waals surface area contributed by atoms with Gasteiger partial charge in [0.15, 0.2) is 0 Å². The number of hydrogen-bond acceptors (Lipinski definition) is 4. The lowest BCUT2D eigenvalue weighted by Crippen LogP contribution is -2.49. The number of likely N-dealkylation sites (tertiary alicyclic amines) is 1. The highest BCUT2D eigenvalue weighted by Crippen LogP contribution is 2.31. The summed E-state index contributed by atoms with van der Waals surface area (Å²) in [6.45, 7) is 3.16. The molecule has 2 rings (SSSR count). The molecule has 1 unspecified atom stereocenters. The maximum atomic E-state index is 10.4.